The lowest BCUT2D eigenvalue weighted by Crippen LogP contribution is -2.56. The minimum Gasteiger partial charge on any atom is -0.300 e. The molecular weight excluding hydrogens is 258 g/mol. The van der Waals surface area contributed by atoms with Crippen LogP contribution >= 0.6 is 0 Å². The first kappa shape index (κ1) is 15.3. The van der Waals surface area contributed by atoms with Crippen LogP contribution in [0.25, 0.3) is 0 Å². The van der Waals surface area contributed by atoms with E-state index in [1.807, 2.05) is 0 Å². The lowest BCUT2D eigenvalue weighted by atomic mass is 9.68. The number of piperidine rings is 1. The minimum atomic E-state index is -0.272. The molecule has 0 bridgehead atoms. The Morgan fingerprint density at radius 1 is 1.14 bits per heavy atom. The van der Waals surface area contributed by atoms with Gasteiger partial charge in [-0.2, -0.15) is 5.26 Å². The molecule has 1 heterocycles. The van der Waals surface area contributed by atoms with Gasteiger partial charge in [0.1, 0.15) is 5.54 Å². The van der Waals surface area contributed by atoms with E-state index < -0.39 is 0 Å². The van der Waals surface area contributed by atoms with Gasteiger partial charge < -0.3 is 4.90 Å². The maximum Gasteiger partial charge on any atom is 0.122 e. The molecule has 118 valence electrons. The van der Waals surface area contributed by atoms with E-state index >= 15 is 0 Å². The zero-order chi connectivity index (χ0) is 14.8. The van der Waals surface area contributed by atoms with Crippen LogP contribution in [0, 0.1) is 22.7 Å². The summed E-state index contributed by atoms with van der Waals surface area (Å²) in [4.78, 5) is 2.57. The van der Waals surface area contributed by atoms with Crippen molar-refractivity contribution in [1.29, 1.82) is 5.26 Å². The van der Waals surface area contributed by atoms with E-state index in [1.54, 1.807) is 0 Å². The standard InChI is InChI=1S/C18H31N3/c1-2-20-18(14-19,16-6-7-16)15-21-12-10-17(11-13-21)8-4-3-5-9-17/h16,20H,2-13,15H2,1H3. The molecular formula is C18H31N3. The van der Waals surface area contributed by atoms with Gasteiger partial charge in [-0.25, -0.2) is 0 Å². The topological polar surface area (TPSA) is 39.1 Å². The van der Waals surface area contributed by atoms with Gasteiger partial charge in [0.15, 0.2) is 0 Å². The zero-order valence-corrected chi connectivity index (χ0v) is 13.7. The van der Waals surface area contributed by atoms with Crippen molar-refractivity contribution >= 4 is 0 Å². The van der Waals surface area contributed by atoms with Crippen LogP contribution in [0.1, 0.15) is 64.7 Å². The third-order valence-corrected chi connectivity index (χ3v) is 6.27. The van der Waals surface area contributed by atoms with Gasteiger partial charge in [-0.1, -0.05) is 26.2 Å². The molecule has 0 aromatic rings. The molecule has 2 saturated carbocycles. The summed E-state index contributed by atoms with van der Waals surface area (Å²) in [5.74, 6) is 0.591. The number of nitrogens with zero attached hydrogens (tertiary/aromatic N) is 2. The molecule has 21 heavy (non-hydrogen) atoms. The predicted molar refractivity (Wildman–Crippen MR) is 85.9 cm³/mol. The van der Waals surface area contributed by atoms with Crippen molar-refractivity contribution < 1.29 is 0 Å². The Morgan fingerprint density at radius 2 is 1.81 bits per heavy atom. The highest BCUT2D eigenvalue weighted by molar-refractivity contribution is 5.17. The largest absolute Gasteiger partial charge is 0.300 e. The SMILES string of the molecule is CCNC(C#N)(CN1CCC2(CCCCC2)CC1)C1CC1. The first-order chi connectivity index (χ1) is 10.2. The molecule has 0 amide bonds. The molecule has 1 spiro atoms. The molecule has 1 saturated heterocycles. The van der Waals surface area contributed by atoms with Crippen LogP contribution in [0.3, 0.4) is 0 Å². The molecule has 2 aliphatic carbocycles. The third-order valence-electron chi connectivity index (χ3n) is 6.27. The van der Waals surface area contributed by atoms with E-state index in [2.05, 4.69) is 23.2 Å². The highest BCUT2D eigenvalue weighted by atomic mass is 15.2. The number of hydrogen-bond donors (Lipinski definition) is 1. The number of nitriles is 1. The maximum atomic E-state index is 9.75. The van der Waals surface area contributed by atoms with Crippen molar-refractivity contribution in [2.75, 3.05) is 26.2 Å². The first-order valence-corrected chi connectivity index (χ1v) is 9.11. The summed E-state index contributed by atoms with van der Waals surface area (Å²) in [5.41, 5.74) is 0.396. The summed E-state index contributed by atoms with van der Waals surface area (Å²) in [5, 5.41) is 13.3. The maximum absolute atomic E-state index is 9.75. The van der Waals surface area contributed by atoms with E-state index in [9.17, 15) is 5.26 Å². The third kappa shape index (κ3) is 3.27. The number of likely N-dealkylation sites (tertiary alicyclic amines) is 1. The van der Waals surface area contributed by atoms with Gasteiger partial charge in [0, 0.05) is 6.54 Å². The molecule has 0 aromatic carbocycles. The van der Waals surface area contributed by atoms with Crippen LogP contribution < -0.4 is 5.32 Å². The Kier molecular flexibility index (Phi) is 4.57. The van der Waals surface area contributed by atoms with E-state index in [0.29, 0.717) is 11.3 Å². The molecule has 1 aliphatic heterocycles. The normalized spacial score (nSPS) is 29.0. The summed E-state index contributed by atoms with van der Waals surface area (Å²) >= 11 is 0. The average molecular weight is 289 g/mol. The second kappa shape index (κ2) is 6.26. The molecule has 1 N–H and O–H groups in total. The van der Waals surface area contributed by atoms with Gasteiger partial charge in [0.2, 0.25) is 0 Å². The summed E-state index contributed by atoms with van der Waals surface area (Å²) < 4.78 is 0. The van der Waals surface area contributed by atoms with Gasteiger partial charge in [0.25, 0.3) is 0 Å². The van der Waals surface area contributed by atoms with Crippen LogP contribution in [-0.4, -0.2) is 36.6 Å². The molecule has 1 atom stereocenters. The van der Waals surface area contributed by atoms with Crippen LogP contribution in [-0.2, 0) is 0 Å². The summed E-state index contributed by atoms with van der Waals surface area (Å²) in [6, 6.07) is 2.64. The monoisotopic (exact) mass is 289 g/mol. The van der Waals surface area contributed by atoms with Crippen molar-refractivity contribution in [3.8, 4) is 6.07 Å². The Hall–Kier alpha value is -0.590. The smallest absolute Gasteiger partial charge is 0.122 e. The first-order valence-electron chi connectivity index (χ1n) is 9.11. The predicted octanol–water partition coefficient (Wildman–Crippen LogP) is 3.31. The molecule has 3 aliphatic rings. The molecule has 1 unspecified atom stereocenters. The van der Waals surface area contributed by atoms with Crippen molar-refractivity contribution in [1.82, 2.24) is 10.2 Å². The second-order valence-corrected chi connectivity index (χ2v) is 7.72. The van der Waals surface area contributed by atoms with Gasteiger partial charge in [-0.15, -0.1) is 0 Å². The quantitative estimate of drug-likeness (QED) is 0.844. The molecule has 0 aromatic heterocycles. The van der Waals surface area contributed by atoms with Gasteiger partial charge in [0.05, 0.1) is 6.07 Å². The van der Waals surface area contributed by atoms with Crippen LogP contribution in [0.5, 0.6) is 0 Å². The Balaban J connectivity index is 1.57. The molecule has 3 nitrogen and oxygen atoms in total. The molecule has 3 fully saturated rings. The Morgan fingerprint density at radius 3 is 2.33 bits per heavy atom. The van der Waals surface area contributed by atoms with Gasteiger partial charge in [-0.3, -0.25) is 5.32 Å². The van der Waals surface area contributed by atoms with E-state index in [0.717, 1.165) is 13.1 Å². The summed E-state index contributed by atoms with van der Waals surface area (Å²) in [7, 11) is 0. The second-order valence-electron chi connectivity index (χ2n) is 7.72. The fraction of sp³-hybridized carbons (Fsp3) is 0.944. The highest BCUT2D eigenvalue weighted by Gasteiger charge is 2.47. The summed E-state index contributed by atoms with van der Waals surface area (Å²) in [6.45, 7) is 6.39. The van der Waals surface area contributed by atoms with Crippen LogP contribution in [0.4, 0.5) is 0 Å². The lowest BCUT2D eigenvalue weighted by Gasteiger charge is -2.46. The van der Waals surface area contributed by atoms with Crippen LogP contribution in [0.15, 0.2) is 0 Å². The van der Waals surface area contributed by atoms with E-state index in [-0.39, 0.29) is 5.54 Å². The zero-order valence-electron chi connectivity index (χ0n) is 13.7. The Labute approximate surface area is 130 Å². The number of hydrogen-bond acceptors (Lipinski definition) is 3. The molecule has 0 radical (unpaired) electrons. The minimum absolute atomic E-state index is 0.272. The average Bonchev–Trinajstić information content (AvgIpc) is 3.35. The number of nitrogens with one attached hydrogen (secondary N) is 1. The lowest BCUT2D eigenvalue weighted by molar-refractivity contribution is 0.0550. The van der Waals surface area contributed by atoms with Crippen LogP contribution in [0.2, 0.25) is 0 Å². The van der Waals surface area contributed by atoms with Gasteiger partial charge >= 0.3 is 0 Å². The molecule has 3 rings (SSSR count). The number of rotatable bonds is 5. The van der Waals surface area contributed by atoms with E-state index in [1.165, 1.54) is 70.9 Å². The van der Waals surface area contributed by atoms with Gasteiger partial charge in [-0.05, 0) is 69.5 Å². The van der Waals surface area contributed by atoms with Crippen molar-refractivity contribution in [2.24, 2.45) is 11.3 Å². The fourth-order valence-corrected chi connectivity index (χ4v) is 4.73. The van der Waals surface area contributed by atoms with Crippen molar-refractivity contribution in [3.05, 3.63) is 0 Å². The molecule has 3 heteroatoms. The summed E-state index contributed by atoms with van der Waals surface area (Å²) in [6.07, 6.45) is 12.5. The van der Waals surface area contributed by atoms with E-state index in [4.69, 9.17) is 0 Å². The van der Waals surface area contributed by atoms with Crippen molar-refractivity contribution in [3.63, 3.8) is 0 Å². The fourth-order valence-electron chi connectivity index (χ4n) is 4.73. The van der Waals surface area contributed by atoms with Crippen molar-refractivity contribution in [2.45, 2.75) is 70.3 Å². The number of likely N-dealkylation sites (N-methyl/N-ethyl adjacent to an activating group) is 1. The Bertz CT molecular complexity index is 380. The highest BCUT2D eigenvalue weighted by Crippen LogP contribution is 2.45.